The summed E-state index contributed by atoms with van der Waals surface area (Å²) in [6.45, 7) is 2.74. The molecule has 0 saturated carbocycles. The highest BCUT2D eigenvalue weighted by molar-refractivity contribution is 5.71. The fourth-order valence-electron chi connectivity index (χ4n) is 1.96. The first kappa shape index (κ1) is 11.6. The second kappa shape index (κ2) is 4.64. The Balaban J connectivity index is 2.23. The van der Waals surface area contributed by atoms with E-state index in [2.05, 4.69) is 20.3 Å². The number of hydrogen-bond donors (Lipinski definition) is 1. The van der Waals surface area contributed by atoms with Crippen molar-refractivity contribution in [3.63, 3.8) is 0 Å². The van der Waals surface area contributed by atoms with Crippen molar-refractivity contribution < 1.29 is 0 Å². The molecule has 2 heterocycles. The van der Waals surface area contributed by atoms with Crippen molar-refractivity contribution in [2.75, 3.05) is 0 Å². The van der Waals surface area contributed by atoms with Crippen LogP contribution in [0.15, 0.2) is 35.1 Å². The van der Waals surface area contributed by atoms with Crippen molar-refractivity contribution in [1.82, 2.24) is 25.0 Å². The predicted molar refractivity (Wildman–Crippen MR) is 71.7 cm³/mol. The molecule has 0 fully saturated rings. The van der Waals surface area contributed by atoms with Crippen LogP contribution in [0.5, 0.6) is 0 Å². The van der Waals surface area contributed by atoms with E-state index in [9.17, 15) is 4.79 Å². The third kappa shape index (κ3) is 2.01. The van der Waals surface area contributed by atoms with Crippen molar-refractivity contribution in [3.05, 3.63) is 40.7 Å². The van der Waals surface area contributed by atoms with Gasteiger partial charge in [-0.05, 0) is 6.42 Å². The summed E-state index contributed by atoms with van der Waals surface area (Å²) in [5, 5.41) is 7.84. The number of aryl methyl sites for hydroxylation is 1. The van der Waals surface area contributed by atoms with Crippen molar-refractivity contribution in [3.8, 4) is 11.4 Å². The van der Waals surface area contributed by atoms with Crippen molar-refractivity contribution >= 4 is 11.2 Å². The molecule has 0 amide bonds. The molecule has 0 saturated heterocycles. The summed E-state index contributed by atoms with van der Waals surface area (Å²) in [6.07, 6.45) is 0.910. The molecule has 2 aromatic heterocycles. The predicted octanol–water partition coefficient (Wildman–Crippen LogP) is 1.59. The summed E-state index contributed by atoms with van der Waals surface area (Å²) in [4.78, 5) is 19.2. The van der Waals surface area contributed by atoms with Gasteiger partial charge in [-0.25, -0.2) is 9.67 Å². The minimum absolute atomic E-state index is 0.258. The van der Waals surface area contributed by atoms with E-state index in [0.29, 0.717) is 18.0 Å². The highest BCUT2D eigenvalue weighted by atomic mass is 16.1. The van der Waals surface area contributed by atoms with Crippen LogP contribution in [0.4, 0.5) is 0 Å². The average Bonchev–Trinajstić information content (AvgIpc) is 2.84. The lowest BCUT2D eigenvalue weighted by molar-refractivity contribution is 0.591. The van der Waals surface area contributed by atoms with Crippen LogP contribution in [0.1, 0.15) is 13.3 Å². The fourth-order valence-corrected chi connectivity index (χ4v) is 1.96. The standard InChI is InChI=1S/C13H13N5O/c1-2-8-18-12-10(16-17-18)13(19)15-11(14-12)9-6-4-3-5-7-9/h3-7H,2,8H2,1H3,(H,14,15,19). The highest BCUT2D eigenvalue weighted by Crippen LogP contribution is 2.14. The van der Waals surface area contributed by atoms with E-state index < -0.39 is 0 Å². The lowest BCUT2D eigenvalue weighted by Crippen LogP contribution is -2.11. The summed E-state index contributed by atoms with van der Waals surface area (Å²) < 4.78 is 1.66. The Labute approximate surface area is 109 Å². The van der Waals surface area contributed by atoms with Gasteiger partial charge in [-0.2, -0.15) is 0 Å². The summed E-state index contributed by atoms with van der Waals surface area (Å²) in [7, 11) is 0. The van der Waals surface area contributed by atoms with Gasteiger partial charge in [-0.3, -0.25) is 4.79 Å². The topological polar surface area (TPSA) is 76.5 Å². The van der Waals surface area contributed by atoms with Crippen LogP contribution >= 0.6 is 0 Å². The Bertz CT molecular complexity index is 760. The van der Waals surface area contributed by atoms with Gasteiger partial charge in [0, 0.05) is 12.1 Å². The minimum atomic E-state index is -0.258. The van der Waals surface area contributed by atoms with E-state index in [1.54, 1.807) is 4.68 Å². The molecule has 0 aliphatic carbocycles. The third-order valence-electron chi connectivity index (χ3n) is 2.86. The van der Waals surface area contributed by atoms with Crippen molar-refractivity contribution in [1.29, 1.82) is 0 Å². The van der Waals surface area contributed by atoms with Crippen LogP contribution in [0.3, 0.4) is 0 Å². The minimum Gasteiger partial charge on any atom is -0.304 e. The molecule has 96 valence electrons. The zero-order chi connectivity index (χ0) is 13.2. The lowest BCUT2D eigenvalue weighted by Gasteiger charge is -2.02. The summed E-state index contributed by atoms with van der Waals surface area (Å²) in [6, 6.07) is 9.53. The molecule has 0 bridgehead atoms. The van der Waals surface area contributed by atoms with E-state index in [4.69, 9.17) is 0 Å². The Morgan fingerprint density at radius 1 is 1.26 bits per heavy atom. The van der Waals surface area contributed by atoms with E-state index >= 15 is 0 Å². The van der Waals surface area contributed by atoms with E-state index in [1.165, 1.54) is 0 Å². The summed E-state index contributed by atoms with van der Waals surface area (Å²) >= 11 is 0. The van der Waals surface area contributed by atoms with E-state index in [-0.39, 0.29) is 11.1 Å². The number of benzene rings is 1. The van der Waals surface area contributed by atoms with Gasteiger partial charge in [0.25, 0.3) is 5.56 Å². The Morgan fingerprint density at radius 2 is 2.05 bits per heavy atom. The van der Waals surface area contributed by atoms with Crippen molar-refractivity contribution in [2.45, 2.75) is 19.9 Å². The number of hydrogen-bond acceptors (Lipinski definition) is 4. The molecule has 1 N–H and O–H groups in total. The van der Waals surface area contributed by atoms with E-state index in [0.717, 1.165) is 12.0 Å². The summed E-state index contributed by atoms with van der Waals surface area (Å²) in [5.74, 6) is 0.540. The molecular weight excluding hydrogens is 242 g/mol. The Kier molecular flexibility index (Phi) is 2.83. The first-order chi connectivity index (χ1) is 9.29. The number of fused-ring (bicyclic) bond motifs is 1. The lowest BCUT2D eigenvalue weighted by atomic mass is 10.2. The molecule has 0 atom stereocenters. The fraction of sp³-hybridized carbons (Fsp3) is 0.231. The number of aromatic amines is 1. The van der Waals surface area contributed by atoms with Crippen LogP contribution in [-0.4, -0.2) is 25.0 Å². The molecule has 3 aromatic rings. The molecule has 0 unspecified atom stereocenters. The van der Waals surface area contributed by atoms with Gasteiger partial charge in [-0.15, -0.1) is 5.10 Å². The van der Waals surface area contributed by atoms with Crippen LogP contribution < -0.4 is 5.56 Å². The summed E-state index contributed by atoms with van der Waals surface area (Å²) in [5.41, 5.74) is 1.43. The molecule has 0 aliphatic heterocycles. The third-order valence-corrected chi connectivity index (χ3v) is 2.86. The van der Waals surface area contributed by atoms with Gasteiger partial charge >= 0.3 is 0 Å². The van der Waals surface area contributed by atoms with Crippen LogP contribution in [0.25, 0.3) is 22.6 Å². The van der Waals surface area contributed by atoms with Crippen molar-refractivity contribution in [2.24, 2.45) is 0 Å². The first-order valence-electron chi connectivity index (χ1n) is 6.18. The Morgan fingerprint density at radius 3 is 2.79 bits per heavy atom. The molecule has 0 aliphatic rings. The van der Waals surface area contributed by atoms with Crippen LogP contribution in [0.2, 0.25) is 0 Å². The quantitative estimate of drug-likeness (QED) is 0.771. The molecule has 6 heteroatoms. The normalized spacial score (nSPS) is 11.0. The maximum absolute atomic E-state index is 12.0. The number of nitrogens with zero attached hydrogens (tertiary/aromatic N) is 4. The van der Waals surface area contributed by atoms with Gasteiger partial charge in [0.2, 0.25) is 0 Å². The average molecular weight is 255 g/mol. The van der Waals surface area contributed by atoms with Gasteiger partial charge in [-0.1, -0.05) is 42.5 Å². The smallest absolute Gasteiger partial charge is 0.281 e. The molecule has 1 aromatic carbocycles. The van der Waals surface area contributed by atoms with E-state index in [1.807, 2.05) is 37.3 Å². The van der Waals surface area contributed by atoms with Crippen LogP contribution in [0, 0.1) is 0 Å². The molecule has 0 spiro atoms. The molecular formula is C13H13N5O. The number of H-pyrrole nitrogens is 1. The first-order valence-corrected chi connectivity index (χ1v) is 6.18. The van der Waals surface area contributed by atoms with Crippen LogP contribution in [-0.2, 0) is 6.54 Å². The molecule has 6 nitrogen and oxygen atoms in total. The number of aromatic nitrogens is 5. The zero-order valence-corrected chi connectivity index (χ0v) is 10.5. The number of nitrogens with one attached hydrogen (secondary N) is 1. The monoisotopic (exact) mass is 255 g/mol. The molecule has 3 rings (SSSR count). The van der Waals surface area contributed by atoms with Gasteiger partial charge in [0.1, 0.15) is 5.82 Å². The largest absolute Gasteiger partial charge is 0.304 e. The van der Waals surface area contributed by atoms with Gasteiger partial charge in [0.15, 0.2) is 11.2 Å². The SMILES string of the molecule is CCCn1nnc2c(=O)[nH]c(-c3ccccc3)nc21. The second-order valence-electron chi connectivity index (χ2n) is 4.27. The maximum Gasteiger partial charge on any atom is 0.281 e. The van der Waals surface area contributed by atoms with Gasteiger partial charge < -0.3 is 4.98 Å². The molecule has 19 heavy (non-hydrogen) atoms. The molecule has 0 radical (unpaired) electrons. The highest BCUT2D eigenvalue weighted by Gasteiger charge is 2.11. The second-order valence-corrected chi connectivity index (χ2v) is 4.27. The number of rotatable bonds is 3. The Hall–Kier alpha value is -2.50. The zero-order valence-electron chi connectivity index (χ0n) is 10.5. The maximum atomic E-state index is 12.0. The van der Waals surface area contributed by atoms with Gasteiger partial charge in [0.05, 0.1) is 0 Å².